The topological polar surface area (TPSA) is 52.6 Å². The standard InChI is InChI=1S/C18H27FN2O2/c1-17(2)10-14(11-18(3,4)20-17)21(5)16(23)15(22)12-7-6-8-13(19)9-12/h6-9,14-15,20,22H,10-11H2,1-5H3. The number of carbonyl (C=O) groups excluding carboxylic acids is 1. The van der Waals surface area contributed by atoms with Crippen LogP contribution in [0.4, 0.5) is 4.39 Å². The maximum atomic E-state index is 13.3. The number of aliphatic hydroxyl groups excluding tert-OH is 1. The molecule has 128 valence electrons. The lowest BCUT2D eigenvalue weighted by molar-refractivity contribution is -0.143. The van der Waals surface area contributed by atoms with E-state index in [9.17, 15) is 14.3 Å². The summed E-state index contributed by atoms with van der Waals surface area (Å²) in [6.45, 7) is 8.45. The summed E-state index contributed by atoms with van der Waals surface area (Å²) in [5, 5.41) is 13.9. The van der Waals surface area contributed by atoms with Gasteiger partial charge in [0.15, 0.2) is 6.10 Å². The Morgan fingerprint density at radius 2 is 1.87 bits per heavy atom. The van der Waals surface area contributed by atoms with Gasteiger partial charge < -0.3 is 15.3 Å². The predicted octanol–water partition coefficient (Wildman–Crippen LogP) is 2.63. The van der Waals surface area contributed by atoms with Crippen LogP contribution in [0.2, 0.25) is 0 Å². The number of hydrogen-bond acceptors (Lipinski definition) is 3. The molecule has 0 saturated carbocycles. The zero-order valence-electron chi connectivity index (χ0n) is 14.6. The van der Waals surface area contributed by atoms with Crippen LogP contribution < -0.4 is 5.32 Å². The summed E-state index contributed by atoms with van der Waals surface area (Å²) in [7, 11) is 1.72. The van der Waals surface area contributed by atoms with E-state index in [1.165, 1.54) is 18.2 Å². The summed E-state index contributed by atoms with van der Waals surface area (Å²) in [5.41, 5.74) is 0.101. The van der Waals surface area contributed by atoms with Gasteiger partial charge in [-0.2, -0.15) is 0 Å². The van der Waals surface area contributed by atoms with Crippen LogP contribution in [0.5, 0.6) is 0 Å². The fourth-order valence-corrected chi connectivity index (χ4v) is 3.73. The lowest BCUT2D eigenvalue weighted by Gasteiger charge is -2.49. The van der Waals surface area contributed by atoms with Gasteiger partial charge in [-0.25, -0.2) is 4.39 Å². The van der Waals surface area contributed by atoms with E-state index in [0.29, 0.717) is 0 Å². The molecule has 2 rings (SSSR count). The molecule has 1 aliphatic rings. The third-order valence-electron chi connectivity index (χ3n) is 4.46. The first-order valence-electron chi connectivity index (χ1n) is 8.00. The van der Waals surface area contributed by atoms with E-state index in [0.717, 1.165) is 12.8 Å². The lowest BCUT2D eigenvalue weighted by atomic mass is 9.79. The molecule has 1 atom stereocenters. The highest BCUT2D eigenvalue weighted by Crippen LogP contribution is 2.32. The minimum Gasteiger partial charge on any atom is -0.378 e. The summed E-state index contributed by atoms with van der Waals surface area (Å²) in [6.07, 6.45) is 0.264. The normalized spacial score (nSPS) is 21.7. The molecule has 0 spiro atoms. The molecule has 2 N–H and O–H groups in total. The summed E-state index contributed by atoms with van der Waals surface area (Å²) in [5.74, 6) is -0.852. The van der Waals surface area contributed by atoms with Crippen molar-refractivity contribution >= 4 is 5.91 Å². The molecule has 1 fully saturated rings. The molecule has 23 heavy (non-hydrogen) atoms. The number of nitrogens with one attached hydrogen (secondary N) is 1. The third-order valence-corrected chi connectivity index (χ3v) is 4.46. The SMILES string of the molecule is CN(C(=O)C(O)c1cccc(F)c1)C1CC(C)(C)NC(C)(C)C1. The minimum absolute atomic E-state index is 0.0250. The quantitative estimate of drug-likeness (QED) is 0.899. The van der Waals surface area contributed by atoms with Gasteiger partial charge in [-0.05, 0) is 58.2 Å². The third kappa shape index (κ3) is 4.30. The molecule has 1 amide bonds. The number of carbonyl (C=O) groups is 1. The van der Waals surface area contributed by atoms with Gasteiger partial charge in [0.1, 0.15) is 5.82 Å². The molecule has 0 bridgehead atoms. The number of amides is 1. The number of benzene rings is 1. The Morgan fingerprint density at radius 1 is 1.30 bits per heavy atom. The first kappa shape index (κ1) is 17.9. The Morgan fingerprint density at radius 3 is 2.39 bits per heavy atom. The molecular formula is C18H27FN2O2. The van der Waals surface area contributed by atoms with E-state index < -0.39 is 17.8 Å². The van der Waals surface area contributed by atoms with E-state index >= 15 is 0 Å². The van der Waals surface area contributed by atoms with Crippen molar-refractivity contribution in [1.82, 2.24) is 10.2 Å². The van der Waals surface area contributed by atoms with E-state index in [1.807, 2.05) is 0 Å². The van der Waals surface area contributed by atoms with Crippen LogP contribution in [0.15, 0.2) is 24.3 Å². The minimum atomic E-state index is -1.34. The van der Waals surface area contributed by atoms with Crippen LogP contribution in [-0.4, -0.2) is 40.1 Å². The Balaban J connectivity index is 2.15. The molecule has 0 aromatic heterocycles. The lowest BCUT2D eigenvalue weighted by Crippen LogP contribution is -2.62. The zero-order chi connectivity index (χ0) is 17.4. The molecule has 1 aromatic carbocycles. The summed E-state index contributed by atoms with van der Waals surface area (Å²) in [6, 6.07) is 5.58. The number of likely N-dealkylation sites (N-methyl/N-ethyl adjacent to an activating group) is 1. The van der Waals surface area contributed by atoms with Crippen LogP contribution in [0, 0.1) is 5.82 Å². The Labute approximate surface area is 137 Å². The Kier molecular flexibility index (Phi) is 4.83. The van der Waals surface area contributed by atoms with E-state index in [2.05, 4.69) is 33.0 Å². The summed E-state index contributed by atoms with van der Waals surface area (Å²) < 4.78 is 13.3. The van der Waals surface area contributed by atoms with Gasteiger partial charge in [-0.3, -0.25) is 4.79 Å². The highest BCUT2D eigenvalue weighted by molar-refractivity contribution is 5.82. The molecule has 4 nitrogen and oxygen atoms in total. The largest absolute Gasteiger partial charge is 0.378 e. The number of hydrogen-bond donors (Lipinski definition) is 2. The Hall–Kier alpha value is -1.46. The molecule has 0 radical (unpaired) electrons. The number of aliphatic hydroxyl groups is 1. The summed E-state index contributed by atoms with van der Waals surface area (Å²) in [4.78, 5) is 14.2. The van der Waals surface area contributed by atoms with Crippen molar-refractivity contribution in [2.75, 3.05) is 7.05 Å². The van der Waals surface area contributed by atoms with Gasteiger partial charge in [0, 0.05) is 24.2 Å². The summed E-state index contributed by atoms with van der Waals surface area (Å²) >= 11 is 0. The van der Waals surface area contributed by atoms with Crippen molar-refractivity contribution in [2.45, 2.75) is 63.8 Å². The fraction of sp³-hybridized carbons (Fsp3) is 0.611. The van der Waals surface area contributed by atoms with Crippen LogP contribution in [0.25, 0.3) is 0 Å². The smallest absolute Gasteiger partial charge is 0.256 e. The highest BCUT2D eigenvalue weighted by Gasteiger charge is 2.41. The zero-order valence-corrected chi connectivity index (χ0v) is 14.6. The maximum Gasteiger partial charge on any atom is 0.256 e. The van der Waals surface area contributed by atoms with Gasteiger partial charge >= 0.3 is 0 Å². The van der Waals surface area contributed by atoms with Crippen molar-refractivity contribution in [3.8, 4) is 0 Å². The number of rotatable bonds is 3. The van der Waals surface area contributed by atoms with Crippen LogP contribution in [0.1, 0.15) is 52.2 Å². The van der Waals surface area contributed by atoms with Crippen molar-refractivity contribution in [1.29, 1.82) is 0 Å². The van der Waals surface area contributed by atoms with Gasteiger partial charge in [-0.1, -0.05) is 12.1 Å². The maximum absolute atomic E-state index is 13.3. The molecule has 1 saturated heterocycles. The van der Waals surface area contributed by atoms with E-state index in [-0.39, 0.29) is 22.7 Å². The van der Waals surface area contributed by atoms with Gasteiger partial charge in [0.05, 0.1) is 0 Å². The first-order valence-corrected chi connectivity index (χ1v) is 8.00. The highest BCUT2D eigenvalue weighted by atomic mass is 19.1. The van der Waals surface area contributed by atoms with Gasteiger partial charge in [0.25, 0.3) is 5.91 Å². The van der Waals surface area contributed by atoms with E-state index in [1.54, 1.807) is 18.0 Å². The van der Waals surface area contributed by atoms with Crippen molar-refractivity contribution < 1.29 is 14.3 Å². The second kappa shape index (κ2) is 6.21. The molecule has 5 heteroatoms. The van der Waals surface area contributed by atoms with Crippen molar-refractivity contribution in [3.05, 3.63) is 35.6 Å². The number of halogens is 1. The molecule has 1 aliphatic heterocycles. The molecule has 1 aromatic rings. The molecule has 1 heterocycles. The van der Waals surface area contributed by atoms with Crippen LogP contribution in [0.3, 0.4) is 0 Å². The molecule has 1 unspecified atom stereocenters. The predicted molar refractivity (Wildman–Crippen MR) is 88.4 cm³/mol. The average Bonchev–Trinajstić information content (AvgIpc) is 2.41. The monoisotopic (exact) mass is 322 g/mol. The number of nitrogens with zero attached hydrogens (tertiary/aromatic N) is 1. The molecular weight excluding hydrogens is 295 g/mol. The van der Waals surface area contributed by atoms with Crippen molar-refractivity contribution in [3.63, 3.8) is 0 Å². The Bertz CT molecular complexity index is 570. The van der Waals surface area contributed by atoms with Crippen LogP contribution in [-0.2, 0) is 4.79 Å². The van der Waals surface area contributed by atoms with E-state index in [4.69, 9.17) is 0 Å². The van der Waals surface area contributed by atoms with Gasteiger partial charge in [0.2, 0.25) is 0 Å². The van der Waals surface area contributed by atoms with Gasteiger partial charge in [-0.15, -0.1) is 0 Å². The van der Waals surface area contributed by atoms with Crippen LogP contribution >= 0.6 is 0 Å². The second-order valence-electron chi connectivity index (χ2n) is 7.86. The second-order valence-corrected chi connectivity index (χ2v) is 7.86. The molecule has 0 aliphatic carbocycles. The number of piperidine rings is 1. The van der Waals surface area contributed by atoms with Crippen molar-refractivity contribution in [2.24, 2.45) is 0 Å². The average molecular weight is 322 g/mol. The first-order chi connectivity index (χ1) is 10.5. The fourth-order valence-electron chi connectivity index (χ4n) is 3.73.